The van der Waals surface area contributed by atoms with Crippen molar-refractivity contribution < 1.29 is 8.83 Å². The summed E-state index contributed by atoms with van der Waals surface area (Å²) in [5.41, 5.74) is 3.30. The van der Waals surface area contributed by atoms with Crippen LogP contribution in [0.2, 0.25) is 0 Å². The van der Waals surface area contributed by atoms with Gasteiger partial charge in [0.2, 0.25) is 0 Å². The molecule has 6 heteroatoms. The SMILES string of the molecule is Cc1cc2c(NCCCc3ccc(-c4ccco4)cc3)nc(-c3ccoc3)nc2s1. The zero-order valence-electron chi connectivity index (χ0n) is 16.6. The third kappa shape index (κ3) is 3.86. The predicted molar refractivity (Wildman–Crippen MR) is 121 cm³/mol. The van der Waals surface area contributed by atoms with Gasteiger partial charge in [0.25, 0.3) is 0 Å². The molecule has 4 heterocycles. The fourth-order valence-corrected chi connectivity index (χ4v) is 4.35. The summed E-state index contributed by atoms with van der Waals surface area (Å²) in [5.74, 6) is 2.47. The van der Waals surface area contributed by atoms with Crippen LogP contribution in [-0.2, 0) is 6.42 Å². The third-order valence-electron chi connectivity index (χ3n) is 4.99. The lowest BCUT2D eigenvalue weighted by atomic mass is 10.1. The van der Waals surface area contributed by atoms with Crippen molar-refractivity contribution in [3.05, 3.63) is 77.8 Å². The molecule has 5 aromatic rings. The van der Waals surface area contributed by atoms with Crippen molar-refractivity contribution in [1.82, 2.24) is 9.97 Å². The van der Waals surface area contributed by atoms with E-state index in [1.807, 2.05) is 18.2 Å². The Morgan fingerprint density at radius 3 is 2.67 bits per heavy atom. The molecule has 0 saturated heterocycles. The molecule has 0 amide bonds. The highest BCUT2D eigenvalue weighted by molar-refractivity contribution is 7.18. The highest BCUT2D eigenvalue weighted by atomic mass is 32.1. The van der Waals surface area contributed by atoms with Gasteiger partial charge >= 0.3 is 0 Å². The number of hydrogen-bond acceptors (Lipinski definition) is 6. The molecule has 0 fully saturated rings. The Morgan fingerprint density at radius 1 is 1.00 bits per heavy atom. The molecule has 30 heavy (non-hydrogen) atoms. The van der Waals surface area contributed by atoms with E-state index in [1.54, 1.807) is 30.1 Å². The number of fused-ring (bicyclic) bond motifs is 1. The summed E-state index contributed by atoms with van der Waals surface area (Å²) in [5, 5.41) is 4.59. The minimum absolute atomic E-state index is 0.689. The van der Waals surface area contributed by atoms with E-state index in [1.165, 1.54) is 10.4 Å². The zero-order chi connectivity index (χ0) is 20.3. The largest absolute Gasteiger partial charge is 0.472 e. The molecule has 5 rings (SSSR count). The lowest BCUT2D eigenvalue weighted by Crippen LogP contribution is -2.06. The van der Waals surface area contributed by atoms with Crippen LogP contribution in [0.4, 0.5) is 5.82 Å². The van der Waals surface area contributed by atoms with Crippen LogP contribution < -0.4 is 5.32 Å². The van der Waals surface area contributed by atoms with Gasteiger partial charge in [0.05, 0.1) is 23.5 Å². The molecule has 0 bridgehead atoms. The number of nitrogens with one attached hydrogen (secondary N) is 1. The predicted octanol–water partition coefficient (Wildman–Crippen LogP) is 6.56. The van der Waals surface area contributed by atoms with Gasteiger partial charge in [0.15, 0.2) is 5.82 Å². The average molecular weight is 416 g/mol. The Kier molecular flexibility index (Phi) is 5.07. The van der Waals surface area contributed by atoms with Crippen molar-refractivity contribution >= 4 is 27.4 Å². The van der Waals surface area contributed by atoms with Gasteiger partial charge < -0.3 is 14.2 Å². The molecule has 5 nitrogen and oxygen atoms in total. The highest BCUT2D eigenvalue weighted by Gasteiger charge is 2.12. The maximum absolute atomic E-state index is 5.45. The van der Waals surface area contributed by atoms with Crippen LogP contribution in [0.3, 0.4) is 0 Å². The number of aromatic nitrogens is 2. The maximum atomic E-state index is 5.45. The summed E-state index contributed by atoms with van der Waals surface area (Å²) in [6, 6.07) is 16.5. The Morgan fingerprint density at radius 2 is 1.90 bits per heavy atom. The first-order valence-corrected chi connectivity index (χ1v) is 10.8. The number of nitrogens with zero attached hydrogens (tertiary/aromatic N) is 2. The van der Waals surface area contributed by atoms with Gasteiger partial charge in [-0.15, -0.1) is 11.3 Å². The average Bonchev–Trinajstić information content (AvgIpc) is 3.52. The molecular formula is C24H21N3O2S. The first-order valence-electron chi connectivity index (χ1n) is 9.94. The summed E-state index contributed by atoms with van der Waals surface area (Å²) < 4.78 is 10.7. The molecule has 1 aromatic carbocycles. The highest BCUT2D eigenvalue weighted by Crippen LogP contribution is 2.31. The first-order chi connectivity index (χ1) is 14.8. The number of anilines is 1. The molecule has 4 aromatic heterocycles. The third-order valence-corrected chi connectivity index (χ3v) is 5.93. The minimum atomic E-state index is 0.689. The normalized spacial score (nSPS) is 11.2. The first kappa shape index (κ1) is 18.6. The van der Waals surface area contributed by atoms with Gasteiger partial charge in [0.1, 0.15) is 22.7 Å². The van der Waals surface area contributed by atoms with Crippen molar-refractivity contribution in [2.24, 2.45) is 0 Å². The molecule has 0 radical (unpaired) electrons. The number of benzene rings is 1. The van der Waals surface area contributed by atoms with Crippen molar-refractivity contribution in [3.63, 3.8) is 0 Å². The lowest BCUT2D eigenvalue weighted by Gasteiger charge is -2.09. The number of aryl methyl sites for hydroxylation is 2. The van der Waals surface area contributed by atoms with E-state index in [-0.39, 0.29) is 0 Å². The second-order valence-corrected chi connectivity index (χ2v) is 8.42. The van der Waals surface area contributed by atoms with Crippen molar-refractivity contribution in [1.29, 1.82) is 0 Å². The Labute approximate surface area is 178 Å². The van der Waals surface area contributed by atoms with Gasteiger partial charge in [-0.3, -0.25) is 0 Å². The van der Waals surface area contributed by atoms with Crippen LogP contribution in [0.1, 0.15) is 16.9 Å². The molecule has 0 spiro atoms. The number of hydrogen-bond donors (Lipinski definition) is 1. The molecule has 1 N–H and O–H groups in total. The van der Waals surface area contributed by atoms with Crippen molar-refractivity contribution in [2.75, 3.05) is 11.9 Å². The van der Waals surface area contributed by atoms with Gasteiger partial charge in [-0.25, -0.2) is 9.97 Å². The summed E-state index contributed by atoms with van der Waals surface area (Å²) >= 11 is 1.68. The fraction of sp³-hybridized carbons (Fsp3) is 0.167. The van der Waals surface area contributed by atoms with E-state index in [0.29, 0.717) is 5.82 Å². The van der Waals surface area contributed by atoms with Gasteiger partial charge in [-0.1, -0.05) is 24.3 Å². The molecule has 0 aliphatic heterocycles. The molecule has 0 aliphatic carbocycles. The summed E-state index contributed by atoms with van der Waals surface area (Å²) in [7, 11) is 0. The fourth-order valence-electron chi connectivity index (χ4n) is 3.48. The van der Waals surface area contributed by atoms with Crippen molar-refractivity contribution in [3.8, 4) is 22.7 Å². The molecule has 0 saturated carbocycles. The van der Waals surface area contributed by atoms with E-state index in [0.717, 1.165) is 52.3 Å². The van der Waals surface area contributed by atoms with Crippen molar-refractivity contribution in [2.45, 2.75) is 19.8 Å². The summed E-state index contributed by atoms with van der Waals surface area (Å²) in [4.78, 5) is 11.7. The number of thiophene rings is 1. The molecule has 0 unspecified atom stereocenters. The standard InChI is InChI=1S/C24H21N3O2S/c1-16-14-20-23(26-22(27-24(20)30-16)19-10-13-28-15-19)25-11-2-4-17-6-8-18(9-7-17)21-5-3-12-29-21/h3,5-10,12-15H,2,4,11H2,1H3,(H,25,26,27). The minimum Gasteiger partial charge on any atom is -0.472 e. The topological polar surface area (TPSA) is 64.1 Å². The zero-order valence-corrected chi connectivity index (χ0v) is 17.4. The molecule has 150 valence electrons. The maximum Gasteiger partial charge on any atom is 0.166 e. The van der Waals surface area contributed by atoms with Crippen LogP contribution in [0.25, 0.3) is 32.9 Å². The Balaban J connectivity index is 1.26. The van der Waals surface area contributed by atoms with Crippen LogP contribution in [0, 0.1) is 6.92 Å². The van der Waals surface area contributed by atoms with E-state index in [9.17, 15) is 0 Å². The van der Waals surface area contributed by atoms with Gasteiger partial charge in [-0.2, -0.15) is 0 Å². The van der Waals surface area contributed by atoms with Gasteiger partial charge in [-0.05, 0) is 49.6 Å². The van der Waals surface area contributed by atoms with Crippen LogP contribution in [0.5, 0.6) is 0 Å². The van der Waals surface area contributed by atoms with E-state index >= 15 is 0 Å². The quantitative estimate of drug-likeness (QED) is 0.305. The second-order valence-electron chi connectivity index (χ2n) is 7.19. The van der Waals surface area contributed by atoms with E-state index < -0.39 is 0 Å². The Bertz CT molecular complexity index is 1240. The van der Waals surface area contributed by atoms with Crippen LogP contribution in [0.15, 0.2) is 76.2 Å². The Hall–Kier alpha value is -3.38. The van der Waals surface area contributed by atoms with Gasteiger partial charge in [0, 0.05) is 17.0 Å². The number of rotatable bonds is 7. The summed E-state index contributed by atoms with van der Waals surface area (Å²) in [6.45, 7) is 2.94. The van der Waals surface area contributed by atoms with E-state index in [4.69, 9.17) is 18.8 Å². The van der Waals surface area contributed by atoms with Crippen LogP contribution in [-0.4, -0.2) is 16.5 Å². The molecule has 0 atom stereocenters. The van der Waals surface area contributed by atoms with E-state index in [2.05, 4.69) is 42.6 Å². The lowest BCUT2D eigenvalue weighted by molar-refractivity contribution is 0.568. The van der Waals surface area contributed by atoms with Crippen LogP contribution >= 0.6 is 11.3 Å². The number of furan rings is 2. The monoisotopic (exact) mass is 415 g/mol. The smallest absolute Gasteiger partial charge is 0.166 e. The second kappa shape index (κ2) is 8.16. The molecule has 0 aliphatic rings. The summed E-state index contributed by atoms with van der Waals surface area (Å²) in [6.07, 6.45) is 7.03. The molecular weight excluding hydrogens is 394 g/mol.